The van der Waals surface area contributed by atoms with Crippen LogP contribution < -0.4 is 20.1 Å². The highest BCUT2D eigenvalue weighted by Gasteiger charge is 2.23. The smallest absolute Gasteiger partial charge is 0.130 e. The van der Waals surface area contributed by atoms with E-state index in [0.717, 1.165) is 49.3 Å². The molecule has 0 bridgehead atoms. The van der Waals surface area contributed by atoms with Crippen molar-refractivity contribution >= 4 is 5.82 Å². The van der Waals surface area contributed by atoms with Gasteiger partial charge in [0.1, 0.15) is 30.5 Å². The maximum atomic E-state index is 6.03. The molecule has 4 rings (SSSR count). The molecule has 0 atom stereocenters. The van der Waals surface area contributed by atoms with E-state index in [0.29, 0.717) is 19.8 Å². The largest absolute Gasteiger partial charge is 0.492 e. The van der Waals surface area contributed by atoms with Gasteiger partial charge >= 0.3 is 0 Å². The first-order valence-electron chi connectivity index (χ1n) is 11.5. The number of hydrogen-bond acceptors (Lipinski definition) is 6. The summed E-state index contributed by atoms with van der Waals surface area (Å²) >= 11 is 0. The van der Waals surface area contributed by atoms with Crippen LogP contribution in [0.25, 0.3) is 0 Å². The Morgan fingerprint density at radius 2 is 1.48 bits per heavy atom. The van der Waals surface area contributed by atoms with Gasteiger partial charge < -0.3 is 24.8 Å². The Morgan fingerprint density at radius 3 is 2.09 bits per heavy atom. The molecule has 6 heteroatoms. The first-order chi connectivity index (χ1) is 16.1. The summed E-state index contributed by atoms with van der Waals surface area (Å²) in [6.07, 6.45) is 0. The van der Waals surface area contributed by atoms with Gasteiger partial charge in [-0.3, -0.25) is 0 Å². The van der Waals surface area contributed by atoms with Crippen molar-refractivity contribution in [1.29, 1.82) is 0 Å². The first kappa shape index (κ1) is 23.1. The molecule has 33 heavy (non-hydrogen) atoms. The Labute approximate surface area is 196 Å². The number of benzene rings is 2. The fourth-order valence-electron chi connectivity index (χ4n) is 3.95. The van der Waals surface area contributed by atoms with Gasteiger partial charge in [0.15, 0.2) is 0 Å². The number of hydrogen-bond donors (Lipinski definition) is 1. The lowest BCUT2D eigenvalue weighted by atomic mass is 9.78. The molecule has 0 saturated carbocycles. The van der Waals surface area contributed by atoms with Crippen LogP contribution in [0.3, 0.4) is 0 Å². The van der Waals surface area contributed by atoms with Gasteiger partial charge in [0, 0.05) is 25.0 Å². The number of ether oxygens (including phenoxy) is 3. The average Bonchev–Trinajstić information content (AvgIpc) is 2.87. The molecule has 1 aliphatic heterocycles. The van der Waals surface area contributed by atoms with E-state index in [1.807, 2.05) is 42.5 Å². The lowest BCUT2D eigenvalue weighted by molar-refractivity contribution is 0.122. The van der Waals surface area contributed by atoms with Gasteiger partial charge in [0.25, 0.3) is 0 Å². The van der Waals surface area contributed by atoms with Crippen molar-refractivity contribution in [1.82, 2.24) is 4.98 Å². The Bertz CT molecular complexity index is 1010. The molecule has 0 unspecified atom stereocenters. The van der Waals surface area contributed by atoms with Crippen LogP contribution in [0, 0.1) is 0 Å². The van der Waals surface area contributed by atoms with Crippen molar-refractivity contribution in [3.63, 3.8) is 0 Å². The third-order valence-corrected chi connectivity index (χ3v) is 6.05. The van der Waals surface area contributed by atoms with Gasteiger partial charge in [-0.1, -0.05) is 44.2 Å². The molecule has 2 N–H and O–H groups in total. The maximum absolute atomic E-state index is 6.03. The maximum Gasteiger partial charge on any atom is 0.130 e. The fraction of sp³-hybridized carbons (Fsp3) is 0.370. The van der Waals surface area contributed by atoms with Gasteiger partial charge in [-0.2, -0.15) is 0 Å². The van der Waals surface area contributed by atoms with Gasteiger partial charge in [0.2, 0.25) is 0 Å². The zero-order chi connectivity index (χ0) is 23.1. The molecule has 0 amide bonds. The number of anilines is 1. The van der Waals surface area contributed by atoms with Crippen LogP contribution >= 0.6 is 0 Å². The minimum absolute atomic E-state index is 0.140. The second kappa shape index (κ2) is 10.7. The van der Waals surface area contributed by atoms with Crippen LogP contribution in [0.4, 0.5) is 5.82 Å². The Morgan fingerprint density at radius 1 is 0.879 bits per heavy atom. The summed E-state index contributed by atoms with van der Waals surface area (Å²) < 4.78 is 17.1. The predicted octanol–water partition coefficient (Wildman–Crippen LogP) is 4.16. The van der Waals surface area contributed by atoms with E-state index in [2.05, 4.69) is 43.0 Å². The normalized spacial score (nSPS) is 14.2. The van der Waals surface area contributed by atoms with Crippen LogP contribution in [0.15, 0.2) is 66.7 Å². The lowest BCUT2D eigenvalue weighted by Gasteiger charge is -2.28. The van der Waals surface area contributed by atoms with Crippen molar-refractivity contribution in [3.05, 3.63) is 83.6 Å². The summed E-state index contributed by atoms with van der Waals surface area (Å²) in [6.45, 7) is 9.16. The van der Waals surface area contributed by atoms with E-state index in [4.69, 9.17) is 24.9 Å². The SMILES string of the molecule is CC(C)(c1ccc(OCCN)cc1)c1ccc(OCc2cccc(N3CCOCC3)n2)cc1. The Hall–Kier alpha value is -3.09. The Kier molecular flexibility index (Phi) is 7.47. The second-order valence-electron chi connectivity index (χ2n) is 8.69. The summed E-state index contributed by atoms with van der Waals surface area (Å²) in [6, 6.07) is 22.6. The molecule has 0 aliphatic carbocycles. The summed E-state index contributed by atoms with van der Waals surface area (Å²) in [5.41, 5.74) is 8.73. The monoisotopic (exact) mass is 447 g/mol. The predicted molar refractivity (Wildman–Crippen MR) is 131 cm³/mol. The molecule has 1 aliphatic rings. The summed E-state index contributed by atoms with van der Waals surface area (Å²) in [4.78, 5) is 7.01. The summed E-state index contributed by atoms with van der Waals surface area (Å²) in [7, 11) is 0. The van der Waals surface area contributed by atoms with Crippen LogP contribution in [-0.2, 0) is 16.8 Å². The molecule has 1 saturated heterocycles. The van der Waals surface area contributed by atoms with Crippen molar-refractivity contribution in [2.24, 2.45) is 5.73 Å². The van der Waals surface area contributed by atoms with Crippen LogP contribution in [0.5, 0.6) is 11.5 Å². The fourth-order valence-corrected chi connectivity index (χ4v) is 3.95. The standard InChI is InChI=1S/C27H33N3O3/c1-27(2,21-6-10-24(11-7-21)32-17-14-28)22-8-12-25(13-9-22)33-20-23-4-3-5-26(29-23)30-15-18-31-19-16-30/h3-13H,14-20,28H2,1-2H3. The molecule has 0 spiro atoms. The Balaban J connectivity index is 1.38. The molecule has 2 heterocycles. The highest BCUT2D eigenvalue weighted by Crippen LogP contribution is 2.33. The number of rotatable bonds is 9. The average molecular weight is 448 g/mol. The topological polar surface area (TPSA) is 69.8 Å². The van der Waals surface area contributed by atoms with Gasteiger partial charge in [-0.05, 0) is 47.5 Å². The quantitative estimate of drug-likeness (QED) is 0.531. The van der Waals surface area contributed by atoms with Crippen molar-refractivity contribution in [3.8, 4) is 11.5 Å². The second-order valence-corrected chi connectivity index (χ2v) is 8.69. The van der Waals surface area contributed by atoms with Crippen molar-refractivity contribution in [2.45, 2.75) is 25.9 Å². The van der Waals surface area contributed by atoms with E-state index in [1.165, 1.54) is 11.1 Å². The number of aromatic nitrogens is 1. The molecular weight excluding hydrogens is 414 g/mol. The van der Waals surface area contributed by atoms with Crippen LogP contribution in [0.1, 0.15) is 30.7 Å². The minimum Gasteiger partial charge on any atom is -0.492 e. The highest BCUT2D eigenvalue weighted by molar-refractivity contribution is 5.42. The molecule has 2 aromatic carbocycles. The number of nitrogens with zero attached hydrogens (tertiary/aromatic N) is 2. The third-order valence-electron chi connectivity index (χ3n) is 6.05. The minimum atomic E-state index is -0.140. The molecular formula is C27H33N3O3. The van der Waals surface area contributed by atoms with Crippen molar-refractivity contribution in [2.75, 3.05) is 44.4 Å². The number of morpholine rings is 1. The first-order valence-corrected chi connectivity index (χ1v) is 11.5. The molecule has 1 fully saturated rings. The van der Waals surface area contributed by atoms with E-state index < -0.39 is 0 Å². The molecule has 3 aromatic rings. The van der Waals surface area contributed by atoms with Gasteiger partial charge in [-0.25, -0.2) is 4.98 Å². The molecule has 6 nitrogen and oxygen atoms in total. The van der Waals surface area contributed by atoms with Gasteiger partial charge in [0.05, 0.1) is 18.9 Å². The van der Waals surface area contributed by atoms with Gasteiger partial charge in [-0.15, -0.1) is 0 Å². The summed E-state index contributed by atoms with van der Waals surface area (Å²) in [5.74, 6) is 2.66. The van der Waals surface area contributed by atoms with Crippen LogP contribution in [0.2, 0.25) is 0 Å². The van der Waals surface area contributed by atoms with Crippen LogP contribution in [-0.4, -0.2) is 44.4 Å². The van der Waals surface area contributed by atoms with E-state index in [-0.39, 0.29) is 5.41 Å². The van der Waals surface area contributed by atoms with E-state index in [9.17, 15) is 0 Å². The highest BCUT2D eigenvalue weighted by atomic mass is 16.5. The molecule has 174 valence electrons. The third kappa shape index (κ3) is 5.83. The zero-order valence-electron chi connectivity index (χ0n) is 19.5. The van der Waals surface area contributed by atoms with E-state index in [1.54, 1.807) is 0 Å². The van der Waals surface area contributed by atoms with E-state index >= 15 is 0 Å². The van der Waals surface area contributed by atoms with Crippen molar-refractivity contribution < 1.29 is 14.2 Å². The zero-order valence-corrected chi connectivity index (χ0v) is 19.5. The summed E-state index contributed by atoms with van der Waals surface area (Å²) in [5, 5.41) is 0. The molecule has 1 aromatic heterocycles. The molecule has 0 radical (unpaired) electrons. The number of pyridine rings is 1. The lowest BCUT2D eigenvalue weighted by Crippen LogP contribution is -2.36. The number of nitrogens with two attached hydrogens (primary N) is 1.